The molecule has 0 unspecified atom stereocenters. The molecule has 0 aliphatic carbocycles. The first kappa shape index (κ1) is 16.0. The number of rotatable bonds is 3. The SMILES string of the molecule is CS(=O)(=O)C[C@H]1CNCCO[C@@H]1c1ccc(Cl)c(Cl)c1. The van der Waals surface area contributed by atoms with Gasteiger partial charge in [0.2, 0.25) is 0 Å². The number of hydrogen-bond donors (Lipinski definition) is 1. The van der Waals surface area contributed by atoms with Crippen LogP contribution in [0.1, 0.15) is 11.7 Å². The number of sulfone groups is 1. The highest BCUT2D eigenvalue weighted by molar-refractivity contribution is 7.90. The Labute approximate surface area is 129 Å². The van der Waals surface area contributed by atoms with Gasteiger partial charge in [0, 0.05) is 25.3 Å². The molecule has 1 aromatic carbocycles. The molecule has 1 aliphatic rings. The van der Waals surface area contributed by atoms with E-state index in [0.717, 1.165) is 5.56 Å². The van der Waals surface area contributed by atoms with Gasteiger partial charge in [0.25, 0.3) is 0 Å². The minimum absolute atomic E-state index is 0.0743. The van der Waals surface area contributed by atoms with E-state index in [1.807, 2.05) is 6.07 Å². The van der Waals surface area contributed by atoms with E-state index in [-0.39, 0.29) is 17.8 Å². The molecule has 0 aromatic heterocycles. The van der Waals surface area contributed by atoms with Crippen LogP contribution in [-0.4, -0.2) is 40.1 Å². The molecule has 0 radical (unpaired) electrons. The first-order valence-corrected chi connectivity index (χ1v) is 9.13. The first-order valence-electron chi connectivity index (χ1n) is 6.32. The normalized spacial score (nSPS) is 24.4. The minimum Gasteiger partial charge on any atom is -0.372 e. The Morgan fingerprint density at radius 3 is 2.75 bits per heavy atom. The molecule has 112 valence electrons. The van der Waals surface area contributed by atoms with E-state index in [9.17, 15) is 8.42 Å². The van der Waals surface area contributed by atoms with Crippen molar-refractivity contribution in [2.45, 2.75) is 6.10 Å². The van der Waals surface area contributed by atoms with E-state index in [2.05, 4.69) is 5.32 Å². The smallest absolute Gasteiger partial charge is 0.147 e. The Bertz CT molecular complexity index is 577. The average Bonchev–Trinajstić information content (AvgIpc) is 2.56. The number of hydrogen-bond acceptors (Lipinski definition) is 4. The van der Waals surface area contributed by atoms with E-state index in [0.29, 0.717) is 29.7 Å². The van der Waals surface area contributed by atoms with Crippen LogP contribution in [0, 0.1) is 5.92 Å². The van der Waals surface area contributed by atoms with E-state index in [1.54, 1.807) is 12.1 Å². The minimum atomic E-state index is -3.08. The van der Waals surface area contributed by atoms with Gasteiger partial charge in [-0.05, 0) is 17.7 Å². The standard InChI is InChI=1S/C13H17Cl2NO3S/c1-20(17,18)8-10-7-16-4-5-19-13(10)9-2-3-11(14)12(15)6-9/h2-3,6,10,13,16H,4-5,7-8H2,1H3/t10-,13-/m1/s1. The van der Waals surface area contributed by atoms with Gasteiger partial charge in [-0.1, -0.05) is 29.3 Å². The van der Waals surface area contributed by atoms with Gasteiger partial charge in [-0.3, -0.25) is 0 Å². The van der Waals surface area contributed by atoms with Crippen LogP contribution in [0.3, 0.4) is 0 Å². The zero-order valence-electron chi connectivity index (χ0n) is 11.1. The van der Waals surface area contributed by atoms with Gasteiger partial charge < -0.3 is 10.1 Å². The highest BCUT2D eigenvalue weighted by Gasteiger charge is 2.29. The third-order valence-electron chi connectivity index (χ3n) is 3.20. The van der Waals surface area contributed by atoms with Crippen molar-refractivity contribution < 1.29 is 13.2 Å². The fourth-order valence-corrected chi connectivity index (χ4v) is 3.76. The molecule has 1 saturated heterocycles. The van der Waals surface area contributed by atoms with Crippen molar-refractivity contribution >= 4 is 33.0 Å². The maximum Gasteiger partial charge on any atom is 0.147 e. The molecule has 1 fully saturated rings. The van der Waals surface area contributed by atoms with Gasteiger partial charge >= 0.3 is 0 Å². The zero-order valence-corrected chi connectivity index (χ0v) is 13.4. The van der Waals surface area contributed by atoms with Crippen molar-refractivity contribution in [1.29, 1.82) is 0 Å². The van der Waals surface area contributed by atoms with Crippen LogP contribution >= 0.6 is 23.2 Å². The van der Waals surface area contributed by atoms with Crippen molar-refractivity contribution in [3.8, 4) is 0 Å². The molecule has 1 heterocycles. The van der Waals surface area contributed by atoms with E-state index in [4.69, 9.17) is 27.9 Å². The number of nitrogens with one attached hydrogen (secondary N) is 1. The summed E-state index contributed by atoms with van der Waals surface area (Å²) >= 11 is 11.9. The second-order valence-electron chi connectivity index (χ2n) is 5.02. The molecule has 0 spiro atoms. The molecule has 1 aliphatic heterocycles. The highest BCUT2D eigenvalue weighted by atomic mass is 35.5. The van der Waals surface area contributed by atoms with Crippen LogP contribution in [0.2, 0.25) is 10.0 Å². The Kier molecular flexibility index (Phi) is 5.31. The number of benzene rings is 1. The summed E-state index contributed by atoms with van der Waals surface area (Å²) in [5, 5.41) is 4.12. The summed E-state index contributed by atoms with van der Waals surface area (Å²) < 4.78 is 29.0. The van der Waals surface area contributed by atoms with Crippen molar-refractivity contribution in [1.82, 2.24) is 5.32 Å². The number of halogens is 2. The molecule has 0 saturated carbocycles. The molecule has 1 N–H and O–H groups in total. The predicted molar refractivity (Wildman–Crippen MR) is 81.2 cm³/mol. The molecule has 0 amide bonds. The zero-order chi connectivity index (χ0) is 14.8. The highest BCUT2D eigenvalue weighted by Crippen LogP contribution is 2.32. The van der Waals surface area contributed by atoms with Gasteiger partial charge in [0.15, 0.2) is 0 Å². The molecule has 7 heteroatoms. The summed E-state index contributed by atoms with van der Waals surface area (Å²) in [5.41, 5.74) is 0.858. The second-order valence-corrected chi connectivity index (χ2v) is 8.02. The summed E-state index contributed by atoms with van der Waals surface area (Å²) in [7, 11) is -3.08. The molecule has 0 bridgehead atoms. The largest absolute Gasteiger partial charge is 0.372 e. The molecular weight excluding hydrogens is 321 g/mol. The predicted octanol–water partition coefficient (Wildman–Crippen LogP) is 2.32. The van der Waals surface area contributed by atoms with Crippen molar-refractivity contribution in [2.24, 2.45) is 5.92 Å². The van der Waals surface area contributed by atoms with Crippen LogP contribution in [0.25, 0.3) is 0 Å². The van der Waals surface area contributed by atoms with Crippen LogP contribution in [0.15, 0.2) is 18.2 Å². The fraction of sp³-hybridized carbons (Fsp3) is 0.538. The lowest BCUT2D eigenvalue weighted by molar-refractivity contribution is 0.0369. The molecule has 20 heavy (non-hydrogen) atoms. The van der Waals surface area contributed by atoms with Gasteiger partial charge in [-0.15, -0.1) is 0 Å². The summed E-state index contributed by atoms with van der Waals surface area (Å²) in [6.45, 7) is 1.83. The first-order chi connectivity index (χ1) is 9.37. The third-order valence-corrected chi connectivity index (χ3v) is 4.97. The summed E-state index contributed by atoms with van der Waals surface area (Å²) in [6.07, 6.45) is 0.943. The third kappa shape index (κ3) is 4.33. The van der Waals surface area contributed by atoms with Crippen LogP contribution in [-0.2, 0) is 14.6 Å². The summed E-state index contributed by atoms with van der Waals surface area (Å²) in [5.74, 6) is -0.0741. The van der Waals surface area contributed by atoms with Gasteiger partial charge in [-0.2, -0.15) is 0 Å². The lowest BCUT2D eigenvalue weighted by Gasteiger charge is -2.24. The fourth-order valence-electron chi connectivity index (χ4n) is 2.38. The molecule has 2 atom stereocenters. The van der Waals surface area contributed by atoms with E-state index < -0.39 is 9.84 Å². The van der Waals surface area contributed by atoms with Crippen molar-refractivity contribution in [3.63, 3.8) is 0 Å². The van der Waals surface area contributed by atoms with E-state index >= 15 is 0 Å². The molecule has 1 aromatic rings. The topological polar surface area (TPSA) is 55.4 Å². The van der Waals surface area contributed by atoms with Crippen LogP contribution < -0.4 is 5.32 Å². The second kappa shape index (κ2) is 6.62. The summed E-state index contributed by atoms with van der Waals surface area (Å²) in [4.78, 5) is 0. The van der Waals surface area contributed by atoms with Gasteiger partial charge in [-0.25, -0.2) is 8.42 Å². The Morgan fingerprint density at radius 1 is 1.35 bits per heavy atom. The van der Waals surface area contributed by atoms with Crippen molar-refractivity contribution in [2.75, 3.05) is 31.7 Å². The molecular formula is C13H17Cl2NO3S. The van der Waals surface area contributed by atoms with Crippen LogP contribution in [0.5, 0.6) is 0 Å². The quantitative estimate of drug-likeness (QED) is 0.919. The van der Waals surface area contributed by atoms with Crippen molar-refractivity contribution in [3.05, 3.63) is 33.8 Å². The van der Waals surface area contributed by atoms with Gasteiger partial charge in [0.05, 0.1) is 28.5 Å². The Balaban J connectivity index is 2.29. The lowest BCUT2D eigenvalue weighted by Crippen LogP contribution is -2.30. The molecule has 4 nitrogen and oxygen atoms in total. The van der Waals surface area contributed by atoms with Gasteiger partial charge in [0.1, 0.15) is 9.84 Å². The summed E-state index contributed by atoms with van der Waals surface area (Å²) in [6, 6.07) is 5.28. The Hall–Kier alpha value is -0.330. The van der Waals surface area contributed by atoms with Crippen LogP contribution in [0.4, 0.5) is 0 Å². The number of ether oxygens (including phenoxy) is 1. The maximum absolute atomic E-state index is 11.6. The lowest BCUT2D eigenvalue weighted by atomic mass is 9.97. The Morgan fingerprint density at radius 2 is 2.10 bits per heavy atom. The molecule has 2 rings (SSSR count). The average molecular weight is 338 g/mol. The van der Waals surface area contributed by atoms with E-state index in [1.165, 1.54) is 6.26 Å². The maximum atomic E-state index is 11.6. The monoisotopic (exact) mass is 337 g/mol.